The third kappa shape index (κ3) is 7.14. The quantitative estimate of drug-likeness (QED) is 0.594. The molecular formula is C22H21F4N3O2. The maximum Gasteiger partial charge on any atom is 0.573 e. The highest BCUT2D eigenvalue weighted by Crippen LogP contribution is 2.25. The van der Waals surface area contributed by atoms with E-state index in [1.165, 1.54) is 36.4 Å². The second-order valence-electron chi connectivity index (χ2n) is 6.61. The Morgan fingerprint density at radius 1 is 0.935 bits per heavy atom. The van der Waals surface area contributed by atoms with Gasteiger partial charge in [-0.3, -0.25) is 0 Å². The number of rotatable bonds is 3. The predicted octanol–water partition coefficient (Wildman–Crippen LogP) is 4.89. The second-order valence-corrected chi connectivity index (χ2v) is 6.61. The summed E-state index contributed by atoms with van der Waals surface area (Å²) >= 11 is 0. The van der Waals surface area contributed by atoms with Gasteiger partial charge in [-0.1, -0.05) is 18.2 Å². The molecule has 0 spiro atoms. The molecule has 0 aliphatic carbocycles. The molecule has 2 N–H and O–H groups in total. The number of alkyl halides is 3. The van der Waals surface area contributed by atoms with Gasteiger partial charge in [0, 0.05) is 30.4 Å². The zero-order valence-corrected chi connectivity index (χ0v) is 16.5. The summed E-state index contributed by atoms with van der Waals surface area (Å²) in [5, 5.41) is 0. The first kappa shape index (κ1) is 22.4. The molecule has 0 radical (unpaired) electrons. The zero-order chi connectivity index (χ0) is 22.3. The van der Waals surface area contributed by atoms with Crippen LogP contribution in [0.2, 0.25) is 0 Å². The number of nitrogens with two attached hydrogens (primary N) is 1. The molecule has 0 saturated carbocycles. The van der Waals surface area contributed by atoms with Crippen LogP contribution in [0, 0.1) is 5.82 Å². The van der Waals surface area contributed by atoms with E-state index in [-0.39, 0.29) is 11.6 Å². The fourth-order valence-electron chi connectivity index (χ4n) is 2.88. The van der Waals surface area contributed by atoms with Gasteiger partial charge in [0.15, 0.2) is 0 Å². The molecule has 1 aliphatic rings. The Bertz CT molecular complexity index is 961. The summed E-state index contributed by atoms with van der Waals surface area (Å²) in [6.07, 6.45) is -4.60. The summed E-state index contributed by atoms with van der Waals surface area (Å²) in [6.45, 7) is 3.00. The van der Waals surface area contributed by atoms with Gasteiger partial charge >= 0.3 is 6.36 Å². The number of halogens is 4. The molecule has 1 aliphatic heterocycles. The number of pyridine rings is 1. The average molecular weight is 435 g/mol. The summed E-state index contributed by atoms with van der Waals surface area (Å²) in [5.41, 5.74) is 8.23. The molecule has 0 bridgehead atoms. The van der Waals surface area contributed by atoms with Crippen molar-refractivity contribution in [2.45, 2.75) is 6.36 Å². The lowest BCUT2D eigenvalue weighted by atomic mass is 10.1. The van der Waals surface area contributed by atoms with Crippen molar-refractivity contribution in [2.24, 2.45) is 0 Å². The number of hydrogen-bond donors (Lipinski definition) is 1. The number of morpholine rings is 1. The standard InChI is InChI=1S/C15H16FN3O.C7H5F3O/c16-12-3-1-11(2-4-12)14-9-13(17)10-15(18-14)19-5-7-20-8-6-19;8-7(9,10)11-6-4-2-1-3-5-6/h1-4,9-10H,5-8H2,(H2,17,18);1-5H. The van der Waals surface area contributed by atoms with E-state index in [9.17, 15) is 17.6 Å². The lowest BCUT2D eigenvalue weighted by Crippen LogP contribution is -2.36. The molecule has 5 nitrogen and oxygen atoms in total. The van der Waals surface area contributed by atoms with Crippen LogP contribution in [-0.2, 0) is 4.74 Å². The summed E-state index contributed by atoms with van der Waals surface area (Å²) in [5.74, 6) is 0.388. The molecular weight excluding hydrogens is 414 g/mol. The summed E-state index contributed by atoms with van der Waals surface area (Å²) in [7, 11) is 0. The topological polar surface area (TPSA) is 60.6 Å². The third-order valence-electron chi connectivity index (χ3n) is 4.29. The first-order valence-corrected chi connectivity index (χ1v) is 9.47. The van der Waals surface area contributed by atoms with Crippen LogP contribution in [-0.4, -0.2) is 37.6 Å². The van der Waals surface area contributed by atoms with E-state index in [0.717, 1.165) is 30.2 Å². The van der Waals surface area contributed by atoms with Gasteiger partial charge in [-0.05, 0) is 42.5 Å². The van der Waals surface area contributed by atoms with E-state index in [2.05, 4.69) is 14.6 Å². The molecule has 164 valence electrons. The van der Waals surface area contributed by atoms with Crippen LogP contribution in [0.5, 0.6) is 5.75 Å². The number of nitrogen functional groups attached to an aromatic ring is 1. The van der Waals surface area contributed by atoms with Gasteiger partial charge in [-0.25, -0.2) is 9.37 Å². The van der Waals surface area contributed by atoms with Crippen LogP contribution in [0.4, 0.5) is 29.1 Å². The fraction of sp³-hybridized carbons (Fsp3) is 0.227. The molecule has 3 aromatic rings. The predicted molar refractivity (Wildman–Crippen MR) is 110 cm³/mol. The molecule has 0 unspecified atom stereocenters. The van der Waals surface area contributed by atoms with Crippen molar-refractivity contribution in [3.05, 3.63) is 72.5 Å². The minimum atomic E-state index is -4.60. The average Bonchev–Trinajstić information content (AvgIpc) is 2.74. The van der Waals surface area contributed by atoms with Gasteiger partial charge in [0.2, 0.25) is 0 Å². The maximum absolute atomic E-state index is 13.0. The van der Waals surface area contributed by atoms with E-state index >= 15 is 0 Å². The van der Waals surface area contributed by atoms with E-state index in [1.807, 2.05) is 6.07 Å². The van der Waals surface area contributed by atoms with Gasteiger partial charge < -0.3 is 20.1 Å². The van der Waals surface area contributed by atoms with Gasteiger partial charge in [-0.2, -0.15) is 0 Å². The van der Waals surface area contributed by atoms with Crippen LogP contribution in [0.15, 0.2) is 66.7 Å². The zero-order valence-electron chi connectivity index (χ0n) is 16.5. The molecule has 2 heterocycles. The Balaban J connectivity index is 0.000000210. The largest absolute Gasteiger partial charge is 0.573 e. The molecule has 4 rings (SSSR count). The van der Waals surface area contributed by atoms with Crippen LogP contribution >= 0.6 is 0 Å². The number of benzene rings is 2. The van der Waals surface area contributed by atoms with E-state index in [0.29, 0.717) is 18.9 Å². The monoisotopic (exact) mass is 435 g/mol. The van der Waals surface area contributed by atoms with Crippen LogP contribution in [0.25, 0.3) is 11.3 Å². The van der Waals surface area contributed by atoms with Crippen LogP contribution < -0.4 is 15.4 Å². The summed E-state index contributed by atoms with van der Waals surface area (Å²) in [6, 6.07) is 17.0. The molecule has 1 aromatic heterocycles. The van der Waals surface area contributed by atoms with Gasteiger partial charge in [0.05, 0.1) is 18.9 Å². The van der Waals surface area contributed by atoms with Crippen molar-refractivity contribution in [3.63, 3.8) is 0 Å². The minimum absolute atomic E-state index is 0.194. The molecule has 0 atom stereocenters. The lowest BCUT2D eigenvalue weighted by molar-refractivity contribution is -0.274. The molecule has 9 heteroatoms. The van der Waals surface area contributed by atoms with E-state index in [4.69, 9.17) is 10.5 Å². The Morgan fingerprint density at radius 2 is 1.58 bits per heavy atom. The highest BCUT2D eigenvalue weighted by molar-refractivity contribution is 5.67. The van der Waals surface area contributed by atoms with Crippen molar-refractivity contribution in [1.29, 1.82) is 0 Å². The number of anilines is 2. The highest BCUT2D eigenvalue weighted by atomic mass is 19.4. The smallest absolute Gasteiger partial charge is 0.406 e. The first-order chi connectivity index (χ1) is 14.8. The Hall–Kier alpha value is -3.33. The summed E-state index contributed by atoms with van der Waals surface area (Å²) < 4.78 is 56.5. The molecule has 2 aromatic carbocycles. The van der Waals surface area contributed by atoms with Crippen molar-refractivity contribution < 1.29 is 27.0 Å². The van der Waals surface area contributed by atoms with Gasteiger partial charge in [-0.15, -0.1) is 13.2 Å². The fourth-order valence-corrected chi connectivity index (χ4v) is 2.88. The number of hydrogen-bond acceptors (Lipinski definition) is 5. The third-order valence-corrected chi connectivity index (χ3v) is 4.29. The van der Waals surface area contributed by atoms with E-state index in [1.54, 1.807) is 24.3 Å². The van der Waals surface area contributed by atoms with Crippen LogP contribution in [0.3, 0.4) is 0 Å². The molecule has 0 amide bonds. The summed E-state index contributed by atoms with van der Waals surface area (Å²) in [4.78, 5) is 6.77. The van der Waals surface area contributed by atoms with Crippen molar-refractivity contribution >= 4 is 11.5 Å². The Labute approximate surface area is 177 Å². The normalized spacial score (nSPS) is 13.9. The first-order valence-electron chi connectivity index (χ1n) is 9.47. The van der Waals surface area contributed by atoms with Gasteiger partial charge in [0.1, 0.15) is 17.4 Å². The van der Waals surface area contributed by atoms with Crippen LogP contribution in [0.1, 0.15) is 0 Å². The van der Waals surface area contributed by atoms with E-state index < -0.39 is 6.36 Å². The second kappa shape index (κ2) is 10.1. The molecule has 31 heavy (non-hydrogen) atoms. The SMILES string of the molecule is FC(F)(F)Oc1ccccc1.Nc1cc(-c2ccc(F)cc2)nc(N2CCOCC2)c1. The number of para-hydroxylation sites is 1. The highest BCUT2D eigenvalue weighted by Gasteiger charge is 2.30. The van der Waals surface area contributed by atoms with Crippen molar-refractivity contribution in [3.8, 4) is 17.0 Å². The maximum atomic E-state index is 13.0. The van der Waals surface area contributed by atoms with Crippen molar-refractivity contribution in [1.82, 2.24) is 4.98 Å². The number of aromatic nitrogens is 1. The minimum Gasteiger partial charge on any atom is -0.406 e. The molecule has 1 fully saturated rings. The Morgan fingerprint density at radius 3 is 2.19 bits per heavy atom. The number of ether oxygens (including phenoxy) is 2. The van der Waals surface area contributed by atoms with Gasteiger partial charge in [0.25, 0.3) is 0 Å². The lowest BCUT2D eigenvalue weighted by Gasteiger charge is -2.28. The number of nitrogens with zero attached hydrogens (tertiary/aromatic N) is 2. The Kier molecular flexibility index (Phi) is 7.30. The molecule has 1 saturated heterocycles. The van der Waals surface area contributed by atoms with Crippen molar-refractivity contribution in [2.75, 3.05) is 36.9 Å².